The smallest absolute Gasteiger partial charge is 0.146 e. The molecule has 0 amide bonds. The summed E-state index contributed by atoms with van der Waals surface area (Å²) in [6.45, 7) is 1.50. The van der Waals surface area contributed by atoms with Crippen molar-refractivity contribution in [3.05, 3.63) is 28.5 Å². The van der Waals surface area contributed by atoms with Gasteiger partial charge in [-0.25, -0.2) is 4.39 Å². The number of anilines is 1. The van der Waals surface area contributed by atoms with E-state index in [1.807, 2.05) is 0 Å². The number of halogens is 2. The Labute approximate surface area is 103 Å². The molecule has 1 aromatic rings. The molecule has 1 atom stereocenters. The monoisotopic (exact) mass is 287 g/mol. The molecule has 4 heteroatoms. The molecular weight excluding hydrogens is 273 g/mol. The topological polar surface area (TPSA) is 21.3 Å². The van der Waals surface area contributed by atoms with Gasteiger partial charge in [0.15, 0.2) is 0 Å². The van der Waals surface area contributed by atoms with Crippen LogP contribution in [0.4, 0.5) is 10.1 Å². The maximum Gasteiger partial charge on any atom is 0.146 e. The van der Waals surface area contributed by atoms with Gasteiger partial charge in [0.05, 0.1) is 11.8 Å². The summed E-state index contributed by atoms with van der Waals surface area (Å²) >= 11 is 3.32. The molecule has 1 aromatic carbocycles. The van der Waals surface area contributed by atoms with Crippen LogP contribution < -0.4 is 5.32 Å². The van der Waals surface area contributed by atoms with E-state index in [9.17, 15) is 4.39 Å². The van der Waals surface area contributed by atoms with Crippen LogP contribution >= 0.6 is 15.9 Å². The van der Waals surface area contributed by atoms with Gasteiger partial charge in [-0.15, -0.1) is 0 Å². The van der Waals surface area contributed by atoms with Gasteiger partial charge in [0, 0.05) is 17.6 Å². The van der Waals surface area contributed by atoms with Gasteiger partial charge in [0.25, 0.3) is 0 Å². The summed E-state index contributed by atoms with van der Waals surface area (Å²) < 4.78 is 19.8. The molecule has 0 aromatic heterocycles. The highest BCUT2D eigenvalue weighted by Crippen LogP contribution is 2.21. The minimum absolute atomic E-state index is 0.215. The highest BCUT2D eigenvalue weighted by atomic mass is 79.9. The third kappa shape index (κ3) is 3.19. The number of nitrogens with one attached hydrogen (secondary N) is 1. The van der Waals surface area contributed by atoms with Crippen molar-refractivity contribution in [1.29, 1.82) is 0 Å². The first-order chi connectivity index (χ1) is 7.75. The Balaban J connectivity index is 1.90. The molecule has 1 unspecified atom stereocenters. The maximum atomic E-state index is 13.4. The van der Waals surface area contributed by atoms with Gasteiger partial charge in [-0.3, -0.25) is 0 Å². The van der Waals surface area contributed by atoms with Crippen LogP contribution in [0, 0.1) is 5.82 Å². The Morgan fingerprint density at radius 2 is 2.31 bits per heavy atom. The molecule has 1 saturated heterocycles. The van der Waals surface area contributed by atoms with E-state index in [2.05, 4.69) is 21.2 Å². The molecule has 0 saturated carbocycles. The van der Waals surface area contributed by atoms with E-state index in [0.29, 0.717) is 12.2 Å². The highest BCUT2D eigenvalue weighted by molar-refractivity contribution is 9.10. The standard InChI is InChI=1S/C12H15BrFNO/c13-9-4-5-11(14)12(7-9)15-8-10-3-1-2-6-16-10/h4-5,7,10,15H,1-3,6,8H2. The second kappa shape index (κ2) is 5.64. The summed E-state index contributed by atoms with van der Waals surface area (Å²) in [6.07, 6.45) is 3.62. The second-order valence-corrected chi connectivity index (χ2v) is 4.91. The molecule has 0 spiro atoms. The van der Waals surface area contributed by atoms with Crippen molar-refractivity contribution in [2.45, 2.75) is 25.4 Å². The number of benzene rings is 1. The van der Waals surface area contributed by atoms with Gasteiger partial charge in [0.2, 0.25) is 0 Å². The van der Waals surface area contributed by atoms with E-state index < -0.39 is 0 Å². The maximum absolute atomic E-state index is 13.4. The van der Waals surface area contributed by atoms with Crippen LogP contribution in [0.2, 0.25) is 0 Å². The molecule has 2 rings (SSSR count). The van der Waals surface area contributed by atoms with Crippen LogP contribution in [0.15, 0.2) is 22.7 Å². The average molecular weight is 288 g/mol. The van der Waals surface area contributed by atoms with Gasteiger partial charge in [0.1, 0.15) is 5.82 Å². The molecule has 1 N–H and O–H groups in total. The Hall–Kier alpha value is -0.610. The van der Waals surface area contributed by atoms with Crippen LogP contribution in [-0.4, -0.2) is 19.3 Å². The Morgan fingerprint density at radius 3 is 3.06 bits per heavy atom. The van der Waals surface area contributed by atoms with Gasteiger partial charge >= 0.3 is 0 Å². The quantitative estimate of drug-likeness (QED) is 0.918. The van der Waals surface area contributed by atoms with E-state index in [0.717, 1.165) is 23.9 Å². The molecule has 0 bridgehead atoms. The van der Waals surface area contributed by atoms with E-state index >= 15 is 0 Å². The predicted octanol–water partition coefficient (Wildman–Crippen LogP) is 3.57. The fourth-order valence-corrected chi connectivity index (χ4v) is 2.19. The van der Waals surface area contributed by atoms with Gasteiger partial charge in [-0.05, 0) is 37.5 Å². The lowest BCUT2D eigenvalue weighted by atomic mass is 10.1. The zero-order valence-electron chi connectivity index (χ0n) is 9.01. The molecular formula is C12H15BrFNO. The minimum Gasteiger partial charge on any atom is -0.380 e. The van der Waals surface area contributed by atoms with Crippen LogP contribution in [0.3, 0.4) is 0 Å². The van der Waals surface area contributed by atoms with Crippen molar-refractivity contribution in [2.24, 2.45) is 0 Å². The lowest BCUT2D eigenvalue weighted by Crippen LogP contribution is -2.27. The van der Waals surface area contributed by atoms with Crippen molar-refractivity contribution in [3.63, 3.8) is 0 Å². The van der Waals surface area contributed by atoms with E-state index in [1.165, 1.54) is 12.5 Å². The molecule has 1 heterocycles. The summed E-state index contributed by atoms with van der Waals surface area (Å²) in [5.41, 5.74) is 0.531. The van der Waals surface area contributed by atoms with Crippen LogP contribution in [0.5, 0.6) is 0 Å². The van der Waals surface area contributed by atoms with Crippen molar-refractivity contribution in [2.75, 3.05) is 18.5 Å². The van der Waals surface area contributed by atoms with Crippen LogP contribution in [0.25, 0.3) is 0 Å². The van der Waals surface area contributed by atoms with E-state index in [1.54, 1.807) is 12.1 Å². The summed E-state index contributed by atoms with van der Waals surface area (Å²) in [5.74, 6) is -0.223. The largest absolute Gasteiger partial charge is 0.380 e. The summed E-state index contributed by atoms with van der Waals surface area (Å²) in [7, 11) is 0. The Bertz CT molecular complexity index is 353. The number of hydrogen-bond donors (Lipinski definition) is 1. The lowest BCUT2D eigenvalue weighted by Gasteiger charge is -2.23. The Morgan fingerprint density at radius 1 is 1.44 bits per heavy atom. The van der Waals surface area contributed by atoms with Crippen LogP contribution in [0.1, 0.15) is 19.3 Å². The molecule has 2 nitrogen and oxygen atoms in total. The second-order valence-electron chi connectivity index (χ2n) is 3.99. The van der Waals surface area contributed by atoms with E-state index in [-0.39, 0.29) is 11.9 Å². The summed E-state index contributed by atoms with van der Waals surface area (Å²) in [6, 6.07) is 4.89. The normalized spacial score (nSPS) is 20.8. The highest BCUT2D eigenvalue weighted by Gasteiger charge is 2.14. The van der Waals surface area contributed by atoms with Gasteiger partial charge < -0.3 is 10.1 Å². The summed E-state index contributed by atoms with van der Waals surface area (Å²) in [5, 5.41) is 3.09. The third-order valence-electron chi connectivity index (χ3n) is 2.72. The Kier molecular flexibility index (Phi) is 4.18. The SMILES string of the molecule is Fc1ccc(Br)cc1NCC1CCCCO1. The first kappa shape index (κ1) is 11.9. The van der Waals surface area contributed by atoms with Crippen molar-refractivity contribution >= 4 is 21.6 Å². The lowest BCUT2D eigenvalue weighted by molar-refractivity contribution is 0.0247. The zero-order chi connectivity index (χ0) is 11.4. The fourth-order valence-electron chi connectivity index (χ4n) is 1.83. The van der Waals surface area contributed by atoms with Gasteiger partial charge in [-0.2, -0.15) is 0 Å². The zero-order valence-corrected chi connectivity index (χ0v) is 10.6. The fraction of sp³-hybridized carbons (Fsp3) is 0.500. The van der Waals surface area contributed by atoms with Gasteiger partial charge in [-0.1, -0.05) is 15.9 Å². The first-order valence-electron chi connectivity index (χ1n) is 5.56. The van der Waals surface area contributed by atoms with Crippen molar-refractivity contribution in [1.82, 2.24) is 0 Å². The number of rotatable bonds is 3. The third-order valence-corrected chi connectivity index (χ3v) is 3.22. The molecule has 88 valence electrons. The summed E-state index contributed by atoms with van der Waals surface area (Å²) in [4.78, 5) is 0. The molecule has 0 radical (unpaired) electrons. The van der Waals surface area contributed by atoms with E-state index in [4.69, 9.17) is 4.74 Å². The molecule has 0 aliphatic carbocycles. The van der Waals surface area contributed by atoms with Crippen LogP contribution in [-0.2, 0) is 4.74 Å². The number of ether oxygens (including phenoxy) is 1. The minimum atomic E-state index is -0.223. The van der Waals surface area contributed by atoms with Crippen molar-refractivity contribution < 1.29 is 9.13 Å². The molecule has 16 heavy (non-hydrogen) atoms. The molecule has 1 fully saturated rings. The number of hydrogen-bond acceptors (Lipinski definition) is 2. The average Bonchev–Trinajstić information content (AvgIpc) is 2.32. The van der Waals surface area contributed by atoms with Crippen molar-refractivity contribution in [3.8, 4) is 0 Å². The predicted molar refractivity (Wildman–Crippen MR) is 66.2 cm³/mol. The molecule has 1 aliphatic rings. The first-order valence-corrected chi connectivity index (χ1v) is 6.35. The molecule has 1 aliphatic heterocycles.